The average Bonchev–Trinajstić information content (AvgIpc) is 2.40. The zero-order valence-electron chi connectivity index (χ0n) is 6.82. The van der Waals surface area contributed by atoms with Crippen molar-refractivity contribution in [2.45, 2.75) is 0 Å². The molecule has 2 aromatic rings. The van der Waals surface area contributed by atoms with Gasteiger partial charge in [-0.2, -0.15) is 0 Å². The third kappa shape index (κ3) is 1.38. The largest absolute Gasteiger partial charge is 0.508 e. The summed E-state index contributed by atoms with van der Waals surface area (Å²) in [4.78, 5) is 10.9. The van der Waals surface area contributed by atoms with Gasteiger partial charge in [0.1, 0.15) is 5.75 Å². The molecule has 1 aromatic heterocycles. The summed E-state index contributed by atoms with van der Waals surface area (Å²) in [7, 11) is 0. The van der Waals surface area contributed by atoms with E-state index in [-0.39, 0.29) is 11.3 Å². The second-order valence-electron chi connectivity index (χ2n) is 2.74. The van der Waals surface area contributed by atoms with Gasteiger partial charge in [-0.25, -0.2) is 4.79 Å². The van der Waals surface area contributed by atoms with Crippen molar-refractivity contribution in [3.05, 3.63) is 27.5 Å². The van der Waals surface area contributed by atoms with Crippen LogP contribution in [0, 0.1) is 0 Å². The Balaban J connectivity index is 2.86. The fraction of sp³-hybridized carbons (Fsp3) is 0. The summed E-state index contributed by atoms with van der Waals surface area (Å²) in [6, 6.07) is 4.70. The first-order valence-corrected chi connectivity index (χ1v) is 5.35. The number of carboxylic acids is 1. The summed E-state index contributed by atoms with van der Waals surface area (Å²) < 4.78 is 1.41. The lowest BCUT2D eigenvalue weighted by atomic mass is 10.2. The van der Waals surface area contributed by atoms with Crippen molar-refractivity contribution in [1.29, 1.82) is 0 Å². The van der Waals surface area contributed by atoms with E-state index in [4.69, 9.17) is 5.11 Å². The standard InChI is InChI=1S/C9H5BrO3S/c10-8-7(9(12)13)5-3-4(11)1-2-6(5)14-8/h1-3,11H,(H,12,13). The number of fused-ring (bicyclic) bond motifs is 1. The van der Waals surface area contributed by atoms with Crippen molar-refractivity contribution in [2.75, 3.05) is 0 Å². The normalized spacial score (nSPS) is 10.6. The molecule has 0 bridgehead atoms. The molecule has 72 valence electrons. The first-order valence-electron chi connectivity index (χ1n) is 3.74. The number of thiophene rings is 1. The van der Waals surface area contributed by atoms with Gasteiger partial charge in [0.25, 0.3) is 0 Å². The summed E-state index contributed by atoms with van der Waals surface area (Å²) in [6.45, 7) is 0. The maximum Gasteiger partial charge on any atom is 0.338 e. The quantitative estimate of drug-likeness (QED) is 0.839. The number of carboxylic acid groups (broad SMARTS) is 1. The van der Waals surface area contributed by atoms with Crippen LogP contribution in [0.25, 0.3) is 10.1 Å². The number of hydrogen-bond donors (Lipinski definition) is 2. The molecule has 0 atom stereocenters. The Bertz CT molecular complexity index is 518. The highest BCUT2D eigenvalue weighted by Crippen LogP contribution is 2.36. The third-order valence-electron chi connectivity index (χ3n) is 1.84. The zero-order chi connectivity index (χ0) is 10.3. The summed E-state index contributed by atoms with van der Waals surface area (Å²) in [5.74, 6) is -0.918. The average molecular weight is 273 g/mol. The predicted molar refractivity (Wildman–Crippen MR) is 58.1 cm³/mol. The lowest BCUT2D eigenvalue weighted by Crippen LogP contribution is -1.94. The second kappa shape index (κ2) is 3.25. The molecule has 0 fully saturated rings. The molecular formula is C9H5BrO3S. The molecule has 14 heavy (non-hydrogen) atoms. The first kappa shape index (κ1) is 9.48. The third-order valence-corrected chi connectivity index (χ3v) is 3.68. The Morgan fingerprint density at radius 3 is 2.79 bits per heavy atom. The number of aromatic carboxylic acids is 1. The van der Waals surface area contributed by atoms with E-state index < -0.39 is 5.97 Å². The highest BCUT2D eigenvalue weighted by molar-refractivity contribution is 9.11. The van der Waals surface area contributed by atoms with Gasteiger partial charge in [-0.1, -0.05) is 0 Å². The van der Waals surface area contributed by atoms with Gasteiger partial charge in [-0.3, -0.25) is 0 Å². The molecule has 5 heteroatoms. The number of hydrogen-bond acceptors (Lipinski definition) is 3. The minimum Gasteiger partial charge on any atom is -0.508 e. The minimum absolute atomic E-state index is 0.0744. The zero-order valence-corrected chi connectivity index (χ0v) is 9.22. The van der Waals surface area contributed by atoms with E-state index in [1.165, 1.54) is 23.5 Å². The van der Waals surface area contributed by atoms with E-state index in [1.54, 1.807) is 6.07 Å². The van der Waals surface area contributed by atoms with Crippen LogP contribution in [0.4, 0.5) is 0 Å². The van der Waals surface area contributed by atoms with Crippen molar-refractivity contribution < 1.29 is 15.0 Å². The van der Waals surface area contributed by atoms with Crippen molar-refractivity contribution in [2.24, 2.45) is 0 Å². The molecule has 0 aliphatic rings. The molecule has 0 radical (unpaired) electrons. The second-order valence-corrected chi connectivity index (χ2v) is 5.11. The molecule has 2 rings (SSSR count). The van der Waals surface area contributed by atoms with E-state index in [9.17, 15) is 9.90 Å². The van der Waals surface area contributed by atoms with Gasteiger partial charge >= 0.3 is 5.97 Å². The van der Waals surface area contributed by atoms with Crippen molar-refractivity contribution in [1.82, 2.24) is 0 Å². The lowest BCUT2D eigenvalue weighted by Gasteiger charge is -1.94. The number of phenolic OH excluding ortho intramolecular Hbond substituents is 1. The number of benzene rings is 1. The number of aromatic hydroxyl groups is 1. The van der Waals surface area contributed by atoms with Gasteiger partial charge in [0.05, 0.1) is 9.35 Å². The van der Waals surface area contributed by atoms with Gasteiger partial charge < -0.3 is 10.2 Å². The molecule has 1 aromatic carbocycles. The van der Waals surface area contributed by atoms with Gasteiger partial charge in [0.15, 0.2) is 0 Å². The number of carbonyl (C=O) groups is 1. The maximum absolute atomic E-state index is 10.9. The fourth-order valence-electron chi connectivity index (χ4n) is 1.26. The Morgan fingerprint density at radius 2 is 2.14 bits per heavy atom. The predicted octanol–water partition coefficient (Wildman–Crippen LogP) is 3.07. The van der Waals surface area contributed by atoms with E-state index >= 15 is 0 Å². The van der Waals surface area contributed by atoms with Crippen LogP contribution in [0.15, 0.2) is 22.0 Å². The van der Waals surface area contributed by atoms with E-state index in [2.05, 4.69) is 15.9 Å². The lowest BCUT2D eigenvalue weighted by molar-refractivity contribution is 0.0698. The monoisotopic (exact) mass is 272 g/mol. The molecule has 1 heterocycles. The first-order chi connectivity index (χ1) is 6.59. The van der Waals surface area contributed by atoms with Crippen LogP contribution in [0.5, 0.6) is 5.75 Å². The molecule has 0 saturated heterocycles. The Kier molecular flexibility index (Phi) is 2.20. The fourth-order valence-corrected chi connectivity index (χ4v) is 3.06. The maximum atomic E-state index is 10.9. The SMILES string of the molecule is O=C(O)c1c(Br)sc2ccc(O)cc12. The molecule has 0 saturated carbocycles. The molecule has 0 aliphatic carbocycles. The van der Waals surface area contributed by atoms with E-state index in [1.807, 2.05) is 0 Å². The van der Waals surface area contributed by atoms with Crippen molar-refractivity contribution in [3.8, 4) is 5.75 Å². The van der Waals surface area contributed by atoms with Crippen molar-refractivity contribution in [3.63, 3.8) is 0 Å². The van der Waals surface area contributed by atoms with Crippen molar-refractivity contribution >= 4 is 43.3 Å². The van der Waals surface area contributed by atoms with Gasteiger partial charge in [0, 0.05) is 10.1 Å². The summed E-state index contributed by atoms with van der Waals surface area (Å²) in [5.41, 5.74) is 0.209. The Labute approximate surface area is 91.7 Å². The van der Waals surface area contributed by atoms with Crippen LogP contribution in [0.1, 0.15) is 10.4 Å². The molecule has 3 nitrogen and oxygen atoms in total. The van der Waals surface area contributed by atoms with Gasteiger partial charge in [0.2, 0.25) is 0 Å². The molecule has 0 aliphatic heterocycles. The Morgan fingerprint density at radius 1 is 1.43 bits per heavy atom. The van der Waals surface area contributed by atoms with Crippen LogP contribution in [0.3, 0.4) is 0 Å². The summed E-state index contributed by atoms with van der Waals surface area (Å²) in [6.07, 6.45) is 0. The van der Waals surface area contributed by atoms with Gasteiger partial charge in [-0.05, 0) is 34.1 Å². The van der Waals surface area contributed by atoms with Gasteiger partial charge in [-0.15, -0.1) is 11.3 Å². The smallest absolute Gasteiger partial charge is 0.338 e. The highest BCUT2D eigenvalue weighted by atomic mass is 79.9. The van der Waals surface area contributed by atoms with Crippen LogP contribution in [-0.4, -0.2) is 16.2 Å². The summed E-state index contributed by atoms with van der Waals surface area (Å²) >= 11 is 4.53. The number of rotatable bonds is 1. The van der Waals surface area contributed by atoms with Crippen LogP contribution >= 0.6 is 27.3 Å². The van der Waals surface area contributed by atoms with Crippen LogP contribution < -0.4 is 0 Å². The number of halogens is 1. The number of phenols is 1. The minimum atomic E-state index is -0.992. The van der Waals surface area contributed by atoms with Crippen LogP contribution in [-0.2, 0) is 0 Å². The molecule has 0 spiro atoms. The topological polar surface area (TPSA) is 57.5 Å². The van der Waals surface area contributed by atoms with E-state index in [0.717, 1.165) is 4.70 Å². The van der Waals surface area contributed by atoms with Crippen LogP contribution in [0.2, 0.25) is 0 Å². The summed E-state index contributed by atoms with van der Waals surface area (Å²) in [5, 5.41) is 18.7. The Hall–Kier alpha value is -1.07. The molecular weight excluding hydrogens is 268 g/mol. The molecule has 0 unspecified atom stereocenters. The van der Waals surface area contributed by atoms with E-state index in [0.29, 0.717) is 9.17 Å². The molecule has 2 N–H and O–H groups in total. The highest BCUT2D eigenvalue weighted by Gasteiger charge is 2.16. The molecule has 0 amide bonds.